The van der Waals surface area contributed by atoms with Gasteiger partial charge in [0.1, 0.15) is 0 Å². The van der Waals surface area contributed by atoms with E-state index in [1.807, 2.05) is 78.9 Å². The van der Waals surface area contributed by atoms with Crippen molar-refractivity contribution in [1.82, 2.24) is 0 Å². The van der Waals surface area contributed by atoms with Crippen molar-refractivity contribution in [3.63, 3.8) is 0 Å². The summed E-state index contributed by atoms with van der Waals surface area (Å²) >= 11 is 5.31. The van der Waals surface area contributed by atoms with E-state index in [-0.39, 0.29) is 5.91 Å². The summed E-state index contributed by atoms with van der Waals surface area (Å²) in [6.07, 6.45) is 8.60. The highest BCUT2D eigenvalue weighted by atomic mass is 32.1. The summed E-state index contributed by atoms with van der Waals surface area (Å²) in [5, 5.41) is 0. The van der Waals surface area contributed by atoms with Gasteiger partial charge in [-0.05, 0) is 29.9 Å². The molecule has 1 aliphatic carbocycles. The van der Waals surface area contributed by atoms with Crippen molar-refractivity contribution >= 4 is 40.3 Å². The topological polar surface area (TPSA) is 20.3 Å². The van der Waals surface area contributed by atoms with Crippen LogP contribution >= 0.6 is 12.2 Å². The fourth-order valence-electron chi connectivity index (χ4n) is 3.06. The number of thiocarbonyl (C=S) groups is 1. The molecule has 1 heterocycles. The zero-order chi connectivity index (χ0) is 16.5. The molecule has 3 heteroatoms. The Bertz CT molecular complexity index is 922. The molecule has 2 aromatic rings. The number of carbonyl (C=O) groups is 1. The van der Waals surface area contributed by atoms with E-state index in [1.165, 1.54) is 0 Å². The number of benzene rings is 2. The molecular formula is C21H15NOS. The molecule has 0 N–H and O–H groups in total. The number of allylic oxidation sites excluding steroid dienone is 3. The number of hydrogen-bond acceptors (Lipinski definition) is 2. The zero-order valence-corrected chi connectivity index (χ0v) is 13.8. The first-order valence-corrected chi connectivity index (χ1v) is 8.26. The molecule has 0 saturated carbocycles. The van der Waals surface area contributed by atoms with Gasteiger partial charge < -0.3 is 0 Å². The Labute approximate surface area is 146 Å². The van der Waals surface area contributed by atoms with Gasteiger partial charge in [-0.2, -0.15) is 0 Å². The predicted molar refractivity (Wildman–Crippen MR) is 103 cm³/mol. The fourth-order valence-corrected chi connectivity index (χ4v) is 3.28. The molecule has 4 rings (SSSR count). The first kappa shape index (κ1) is 14.8. The molecule has 116 valence electrons. The molecule has 24 heavy (non-hydrogen) atoms. The third-order valence-electron chi connectivity index (χ3n) is 4.15. The van der Waals surface area contributed by atoms with Crippen LogP contribution in [0, 0.1) is 0 Å². The van der Waals surface area contributed by atoms with Gasteiger partial charge in [0.15, 0.2) is 0 Å². The van der Waals surface area contributed by atoms with E-state index in [0.29, 0.717) is 5.57 Å². The molecule has 0 radical (unpaired) electrons. The van der Waals surface area contributed by atoms with Crippen LogP contribution in [0.3, 0.4) is 0 Å². The van der Waals surface area contributed by atoms with E-state index < -0.39 is 0 Å². The van der Waals surface area contributed by atoms with Gasteiger partial charge in [-0.1, -0.05) is 66.8 Å². The van der Waals surface area contributed by atoms with Crippen LogP contribution in [0.15, 0.2) is 78.5 Å². The lowest BCUT2D eigenvalue weighted by molar-refractivity contribution is -0.112. The lowest BCUT2D eigenvalue weighted by atomic mass is 10.0. The maximum atomic E-state index is 13.1. The van der Waals surface area contributed by atoms with Crippen molar-refractivity contribution in [2.45, 2.75) is 6.42 Å². The number of amides is 1. The standard InChI is InChI=1S/C21H15NOS/c23-21-19(13-15-7-2-1-3-8-15)18-11-4-5-12-20(18)22(21)16-9-6-10-17(24)14-16/h1-9,11-14H,10H2. The van der Waals surface area contributed by atoms with Crippen LogP contribution in [0.1, 0.15) is 17.5 Å². The van der Waals surface area contributed by atoms with Crippen molar-refractivity contribution in [2.75, 3.05) is 4.90 Å². The molecular weight excluding hydrogens is 314 g/mol. The first-order valence-electron chi connectivity index (χ1n) is 7.86. The normalized spacial score (nSPS) is 18.1. The van der Waals surface area contributed by atoms with E-state index >= 15 is 0 Å². The SMILES string of the molecule is O=C1C(=Cc2ccccc2)c2ccccc2N1C1=CC(=S)CC=C1. The Balaban J connectivity index is 1.85. The molecule has 1 amide bonds. The molecule has 0 spiro atoms. The van der Waals surface area contributed by atoms with Gasteiger partial charge >= 0.3 is 0 Å². The highest BCUT2D eigenvalue weighted by molar-refractivity contribution is 7.80. The van der Waals surface area contributed by atoms with Crippen LogP contribution in [-0.4, -0.2) is 10.8 Å². The summed E-state index contributed by atoms with van der Waals surface area (Å²) in [6, 6.07) is 17.8. The summed E-state index contributed by atoms with van der Waals surface area (Å²) in [5.41, 5.74) is 4.42. The minimum absolute atomic E-state index is 0.0133. The third kappa shape index (κ3) is 2.53. The summed E-state index contributed by atoms with van der Waals surface area (Å²) < 4.78 is 0. The average Bonchev–Trinajstić information content (AvgIpc) is 2.88. The quantitative estimate of drug-likeness (QED) is 0.583. The molecule has 0 bridgehead atoms. The molecule has 0 saturated heterocycles. The van der Waals surface area contributed by atoms with E-state index in [1.54, 1.807) is 4.90 Å². The van der Waals surface area contributed by atoms with Crippen LogP contribution < -0.4 is 4.90 Å². The Hall–Kier alpha value is -2.78. The lowest BCUT2D eigenvalue weighted by Crippen LogP contribution is -2.26. The third-order valence-corrected chi connectivity index (χ3v) is 4.44. The summed E-state index contributed by atoms with van der Waals surface area (Å²) in [5.74, 6) is -0.0133. The maximum absolute atomic E-state index is 13.1. The van der Waals surface area contributed by atoms with Gasteiger partial charge in [0.25, 0.3) is 5.91 Å². The van der Waals surface area contributed by atoms with Gasteiger partial charge in [0.05, 0.1) is 17.0 Å². The number of para-hydroxylation sites is 1. The second-order valence-electron chi connectivity index (χ2n) is 5.77. The van der Waals surface area contributed by atoms with Crippen LogP contribution in [0.4, 0.5) is 5.69 Å². The molecule has 2 nitrogen and oxygen atoms in total. The number of rotatable bonds is 2. The second kappa shape index (κ2) is 6.02. The van der Waals surface area contributed by atoms with Gasteiger partial charge in [0, 0.05) is 16.8 Å². The minimum Gasteiger partial charge on any atom is -0.276 e. The largest absolute Gasteiger partial charge is 0.276 e. The van der Waals surface area contributed by atoms with Crippen LogP contribution in [-0.2, 0) is 4.79 Å². The van der Waals surface area contributed by atoms with Crippen molar-refractivity contribution in [3.05, 3.63) is 89.6 Å². The van der Waals surface area contributed by atoms with Crippen LogP contribution in [0.25, 0.3) is 11.6 Å². The number of anilines is 1. The van der Waals surface area contributed by atoms with Crippen molar-refractivity contribution in [2.24, 2.45) is 0 Å². The summed E-state index contributed by atoms with van der Waals surface area (Å²) in [6.45, 7) is 0. The zero-order valence-electron chi connectivity index (χ0n) is 13.0. The summed E-state index contributed by atoms with van der Waals surface area (Å²) in [4.78, 5) is 15.7. The van der Waals surface area contributed by atoms with Crippen LogP contribution in [0.5, 0.6) is 0 Å². The smallest absolute Gasteiger partial charge is 0.263 e. The van der Waals surface area contributed by atoms with Crippen molar-refractivity contribution in [1.29, 1.82) is 0 Å². The average molecular weight is 329 g/mol. The molecule has 1 aliphatic heterocycles. The van der Waals surface area contributed by atoms with Crippen molar-refractivity contribution in [3.8, 4) is 0 Å². The number of fused-ring (bicyclic) bond motifs is 1. The second-order valence-corrected chi connectivity index (χ2v) is 6.29. The molecule has 0 aromatic heterocycles. The van der Waals surface area contributed by atoms with E-state index in [2.05, 4.69) is 0 Å². The molecule has 0 fully saturated rings. The fraction of sp³-hybridized carbons (Fsp3) is 0.0476. The number of nitrogens with zero attached hydrogens (tertiary/aromatic N) is 1. The Morgan fingerprint density at radius 3 is 2.54 bits per heavy atom. The predicted octanol–water partition coefficient (Wildman–Crippen LogP) is 4.79. The van der Waals surface area contributed by atoms with E-state index in [0.717, 1.165) is 33.8 Å². The van der Waals surface area contributed by atoms with Gasteiger partial charge in [-0.15, -0.1) is 0 Å². The van der Waals surface area contributed by atoms with Gasteiger partial charge in [0.2, 0.25) is 0 Å². The Morgan fingerprint density at radius 1 is 1.00 bits per heavy atom. The first-order chi connectivity index (χ1) is 11.7. The molecule has 2 aromatic carbocycles. The molecule has 0 unspecified atom stereocenters. The van der Waals surface area contributed by atoms with Crippen LogP contribution in [0.2, 0.25) is 0 Å². The Morgan fingerprint density at radius 2 is 1.75 bits per heavy atom. The molecule has 2 aliphatic rings. The minimum atomic E-state index is -0.0133. The highest BCUT2D eigenvalue weighted by Crippen LogP contribution is 2.40. The van der Waals surface area contributed by atoms with Crippen molar-refractivity contribution < 1.29 is 4.79 Å². The van der Waals surface area contributed by atoms with Gasteiger partial charge in [-0.3, -0.25) is 9.69 Å². The number of hydrogen-bond donors (Lipinski definition) is 0. The number of carbonyl (C=O) groups excluding carboxylic acids is 1. The Kier molecular flexibility index (Phi) is 3.71. The molecule has 0 atom stereocenters. The van der Waals surface area contributed by atoms with E-state index in [4.69, 9.17) is 12.2 Å². The van der Waals surface area contributed by atoms with E-state index in [9.17, 15) is 4.79 Å². The maximum Gasteiger partial charge on any atom is 0.263 e. The van der Waals surface area contributed by atoms with Gasteiger partial charge in [-0.25, -0.2) is 0 Å². The summed E-state index contributed by atoms with van der Waals surface area (Å²) in [7, 11) is 0. The highest BCUT2D eigenvalue weighted by Gasteiger charge is 2.34. The monoisotopic (exact) mass is 329 g/mol. The lowest BCUT2D eigenvalue weighted by Gasteiger charge is -2.20.